The largest absolute Gasteiger partial charge is 0.416 e. The highest BCUT2D eigenvalue weighted by molar-refractivity contribution is 5.79. The number of halogens is 4. The first kappa shape index (κ1) is 16.3. The molecule has 2 aromatic heterocycles. The number of aromatic amines is 1. The zero-order valence-corrected chi connectivity index (χ0v) is 13.4. The Morgan fingerprint density at radius 1 is 1.04 bits per heavy atom. The zero-order chi connectivity index (χ0) is 18.6. The molecular weight excluding hydrogens is 350 g/mol. The van der Waals surface area contributed by atoms with E-state index in [9.17, 15) is 22.4 Å². The van der Waals surface area contributed by atoms with Crippen molar-refractivity contribution in [2.24, 2.45) is 0 Å². The van der Waals surface area contributed by atoms with Gasteiger partial charge in [-0.3, -0.25) is 0 Å². The number of para-hydroxylation sites is 1. The molecule has 26 heavy (non-hydrogen) atoms. The molecule has 2 heterocycles. The maximum absolute atomic E-state index is 14.3. The summed E-state index contributed by atoms with van der Waals surface area (Å²) < 4.78 is 54.9. The zero-order valence-electron chi connectivity index (χ0n) is 13.4. The van der Waals surface area contributed by atoms with E-state index in [1.54, 1.807) is 25.1 Å². The summed E-state index contributed by atoms with van der Waals surface area (Å²) in [6, 6.07) is 10.4. The Labute approximate surface area is 143 Å². The molecule has 0 amide bonds. The van der Waals surface area contributed by atoms with Gasteiger partial charge >= 0.3 is 11.7 Å². The second kappa shape index (κ2) is 5.42. The Morgan fingerprint density at radius 3 is 2.38 bits per heavy atom. The molecule has 0 bridgehead atoms. The molecule has 1 N–H and O–H groups in total. The van der Waals surface area contributed by atoms with Gasteiger partial charge in [-0.15, -0.1) is 4.52 Å². The van der Waals surface area contributed by atoms with Gasteiger partial charge in [-0.1, -0.05) is 22.0 Å². The number of nitrogens with one attached hydrogen (secondary N) is 1. The molecular formula is C18H12F4N3O+. The van der Waals surface area contributed by atoms with Gasteiger partial charge in [-0.2, -0.15) is 13.2 Å². The fourth-order valence-corrected chi connectivity index (χ4v) is 3.06. The molecule has 132 valence electrons. The van der Waals surface area contributed by atoms with Crippen molar-refractivity contribution in [3.8, 4) is 5.69 Å². The molecule has 0 aliphatic rings. The van der Waals surface area contributed by atoms with Crippen molar-refractivity contribution in [2.75, 3.05) is 0 Å². The monoisotopic (exact) mass is 362 g/mol. The second-order valence-electron chi connectivity index (χ2n) is 5.97. The van der Waals surface area contributed by atoms with E-state index in [0.717, 1.165) is 16.8 Å². The van der Waals surface area contributed by atoms with Gasteiger partial charge in [-0.05, 0) is 43.3 Å². The fraction of sp³-hybridized carbons (Fsp3) is 0.111. The molecule has 4 nitrogen and oxygen atoms in total. The van der Waals surface area contributed by atoms with Gasteiger partial charge in [0.25, 0.3) is 0 Å². The van der Waals surface area contributed by atoms with Crippen molar-refractivity contribution in [3.05, 3.63) is 75.8 Å². The van der Waals surface area contributed by atoms with E-state index in [0.29, 0.717) is 10.9 Å². The van der Waals surface area contributed by atoms with Crippen molar-refractivity contribution in [2.45, 2.75) is 13.1 Å². The molecule has 0 fully saturated rings. The first-order valence-electron chi connectivity index (χ1n) is 7.69. The molecule has 0 atom stereocenters. The van der Waals surface area contributed by atoms with Crippen molar-refractivity contribution in [1.82, 2.24) is 9.90 Å². The van der Waals surface area contributed by atoms with Gasteiger partial charge in [0.05, 0.1) is 5.56 Å². The molecule has 4 rings (SSSR count). The summed E-state index contributed by atoms with van der Waals surface area (Å²) in [5.74, 6) is -0.515. The van der Waals surface area contributed by atoms with Crippen LogP contribution in [0.1, 0.15) is 11.1 Å². The summed E-state index contributed by atoms with van der Waals surface area (Å²) in [5, 5.41) is 3.36. The third-order valence-corrected chi connectivity index (χ3v) is 4.27. The first-order chi connectivity index (χ1) is 12.3. The van der Waals surface area contributed by atoms with Gasteiger partial charge in [0.2, 0.25) is 5.52 Å². The molecule has 0 saturated heterocycles. The Hall–Kier alpha value is -3.16. The van der Waals surface area contributed by atoms with E-state index in [-0.39, 0.29) is 16.7 Å². The highest BCUT2D eigenvalue weighted by Gasteiger charge is 2.31. The standard InChI is InChI=1S/C18H11F4N3O/c1-10-9-11-3-2-4-14(19)16(11)25-15(10)17(26)24(23-25)13-7-5-12(6-8-13)18(20,21)22/h2-9H,1H3/p+1. The number of nitrogens with zero attached hydrogens (tertiary/aromatic N) is 2. The molecule has 0 aliphatic heterocycles. The lowest BCUT2D eigenvalue weighted by Crippen LogP contribution is -2.28. The van der Waals surface area contributed by atoms with Crippen LogP contribution in [0.25, 0.3) is 22.1 Å². The number of aromatic nitrogens is 3. The highest BCUT2D eigenvalue weighted by atomic mass is 19.4. The van der Waals surface area contributed by atoms with Crippen LogP contribution in [0.2, 0.25) is 0 Å². The normalized spacial score (nSPS) is 12.2. The molecule has 4 aromatic rings. The van der Waals surface area contributed by atoms with Crippen LogP contribution in [0.3, 0.4) is 0 Å². The van der Waals surface area contributed by atoms with Crippen molar-refractivity contribution in [3.63, 3.8) is 0 Å². The van der Waals surface area contributed by atoms with Crippen LogP contribution < -0.4 is 10.1 Å². The third kappa shape index (κ3) is 2.37. The highest BCUT2D eigenvalue weighted by Crippen LogP contribution is 2.29. The van der Waals surface area contributed by atoms with Crippen LogP contribution >= 0.6 is 0 Å². The van der Waals surface area contributed by atoms with Crippen LogP contribution in [-0.2, 0) is 6.18 Å². The SMILES string of the molecule is Cc1cc2cccc(F)c2[n+]2[nH]n(-c3ccc(C(F)(F)F)cc3)c(=O)c12. The van der Waals surface area contributed by atoms with Gasteiger partial charge < -0.3 is 0 Å². The average Bonchev–Trinajstić information content (AvgIpc) is 2.92. The maximum Gasteiger partial charge on any atom is 0.416 e. The lowest BCUT2D eigenvalue weighted by Gasteiger charge is -2.05. The van der Waals surface area contributed by atoms with Gasteiger partial charge in [0.15, 0.2) is 17.0 Å². The molecule has 0 unspecified atom stereocenters. The van der Waals surface area contributed by atoms with Gasteiger partial charge in [0.1, 0.15) is 0 Å². The van der Waals surface area contributed by atoms with Gasteiger partial charge in [0, 0.05) is 10.9 Å². The first-order valence-corrected chi connectivity index (χ1v) is 7.69. The number of benzene rings is 2. The number of hydrogen-bond donors (Lipinski definition) is 1. The average molecular weight is 362 g/mol. The maximum atomic E-state index is 14.3. The van der Waals surface area contributed by atoms with Crippen molar-refractivity contribution >= 4 is 16.4 Å². The number of hydrogen-bond acceptors (Lipinski definition) is 1. The van der Waals surface area contributed by atoms with Gasteiger partial charge in [-0.25, -0.2) is 9.18 Å². The lowest BCUT2D eigenvalue weighted by atomic mass is 10.1. The minimum atomic E-state index is -4.46. The molecule has 0 saturated carbocycles. The van der Waals surface area contributed by atoms with E-state index >= 15 is 0 Å². The van der Waals surface area contributed by atoms with Crippen molar-refractivity contribution < 1.29 is 22.1 Å². The number of alkyl halides is 3. The van der Waals surface area contributed by atoms with E-state index in [4.69, 9.17) is 0 Å². The van der Waals surface area contributed by atoms with E-state index in [2.05, 4.69) is 5.21 Å². The van der Waals surface area contributed by atoms with E-state index < -0.39 is 23.1 Å². The van der Waals surface area contributed by atoms with Crippen LogP contribution in [0.15, 0.2) is 53.3 Å². The number of rotatable bonds is 1. The van der Waals surface area contributed by atoms with E-state index in [1.165, 1.54) is 22.7 Å². The summed E-state index contributed by atoms with van der Waals surface area (Å²) in [5.41, 5.74) is -0.0397. The van der Waals surface area contributed by atoms with Crippen molar-refractivity contribution in [1.29, 1.82) is 0 Å². The topological polar surface area (TPSA) is 41.9 Å². The van der Waals surface area contributed by atoms with Crippen LogP contribution in [-0.4, -0.2) is 9.90 Å². The summed E-state index contributed by atoms with van der Waals surface area (Å²) in [4.78, 5) is 12.8. The molecule has 0 spiro atoms. The summed E-state index contributed by atoms with van der Waals surface area (Å²) in [7, 11) is 0. The number of H-pyrrole nitrogens is 1. The van der Waals surface area contributed by atoms with Crippen LogP contribution in [0.4, 0.5) is 17.6 Å². The smallest absolute Gasteiger partial charge is 0.234 e. The Bertz CT molecular complexity index is 1200. The molecule has 0 radical (unpaired) electrons. The van der Waals surface area contributed by atoms with Crippen LogP contribution in [0, 0.1) is 12.7 Å². The predicted octanol–water partition coefficient (Wildman–Crippen LogP) is 3.52. The molecule has 8 heteroatoms. The fourth-order valence-electron chi connectivity index (χ4n) is 3.06. The molecule has 0 aliphatic carbocycles. The Balaban J connectivity index is 2.00. The lowest BCUT2D eigenvalue weighted by molar-refractivity contribution is -0.557. The summed E-state index contributed by atoms with van der Waals surface area (Å²) in [6.07, 6.45) is -4.46. The summed E-state index contributed by atoms with van der Waals surface area (Å²) in [6.45, 7) is 1.71. The predicted molar refractivity (Wildman–Crippen MR) is 86.8 cm³/mol. The Kier molecular flexibility index (Phi) is 3.40. The number of fused-ring (bicyclic) bond motifs is 3. The number of aryl methyl sites for hydroxylation is 1. The quantitative estimate of drug-likeness (QED) is 0.409. The number of pyridine rings is 1. The van der Waals surface area contributed by atoms with E-state index in [1.807, 2.05) is 0 Å². The molecule has 2 aromatic carbocycles. The third-order valence-electron chi connectivity index (χ3n) is 4.27. The minimum Gasteiger partial charge on any atom is -0.234 e. The minimum absolute atomic E-state index is 0.191. The van der Waals surface area contributed by atoms with Crippen LogP contribution in [0.5, 0.6) is 0 Å². The second-order valence-corrected chi connectivity index (χ2v) is 5.97. The Morgan fingerprint density at radius 2 is 1.73 bits per heavy atom. The summed E-state index contributed by atoms with van der Waals surface area (Å²) >= 11 is 0.